The summed E-state index contributed by atoms with van der Waals surface area (Å²) in [6.07, 6.45) is -15.3. The number of rotatable bonds is 17. The highest BCUT2D eigenvalue weighted by Crippen LogP contribution is 2.62. The van der Waals surface area contributed by atoms with E-state index in [9.17, 15) is 44.3 Å². The molecule has 3 aliphatic carbocycles. The molecule has 1 aromatic rings. The Morgan fingerprint density at radius 3 is 2.25 bits per heavy atom. The first-order valence-corrected chi connectivity index (χ1v) is 17.5. The predicted molar refractivity (Wildman–Crippen MR) is 167 cm³/mol. The molecule has 0 radical (unpaired) electrons. The van der Waals surface area contributed by atoms with Gasteiger partial charge in [0.15, 0.2) is 0 Å². The number of fused-ring (bicyclic) bond motifs is 5. The second-order valence-electron chi connectivity index (χ2n) is 14.0. The third-order valence-corrected chi connectivity index (χ3v) is 10.8. The molecule has 2 saturated carbocycles. The van der Waals surface area contributed by atoms with Crippen molar-refractivity contribution in [3.05, 3.63) is 29.3 Å². The molecular weight excluding hydrogens is 701 g/mol. The summed E-state index contributed by atoms with van der Waals surface area (Å²) in [6, 6.07) is 6.24. The number of alkyl halides is 9. The minimum atomic E-state index is -6.74. The standard InChI is InChI=1S/C35H48F9NO6/c1-4-48-30(46)22-47-17-5-15-45(3)16-20-49-24-8-10-25-23(21-24)7-9-27-26(25)13-14-31(2)28(27)11-12-29(31)50-18-6-19-51-32(33(36,37)38,34(39,40)41)35(42,43)44/h8,10,21,26-29H,4-7,9,11-20,22H2,1-3H3/t26-,27-,28+,29+,31+/m1/s1. The highest BCUT2D eigenvalue weighted by molar-refractivity contribution is 5.70. The van der Waals surface area contributed by atoms with Gasteiger partial charge in [-0.05, 0) is 112 Å². The smallest absolute Gasteiger partial charge is 0.435 e. The van der Waals surface area contributed by atoms with E-state index in [1.54, 1.807) is 6.92 Å². The van der Waals surface area contributed by atoms with Crippen LogP contribution >= 0.6 is 0 Å². The number of benzene rings is 1. The van der Waals surface area contributed by atoms with Gasteiger partial charge in [0.1, 0.15) is 19.0 Å². The summed E-state index contributed by atoms with van der Waals surface area (Å²) < 4.78 is 144. The van der Waals surface area contributed by atoms with Crippen LogP contribution in [-0.2, 0) is 30.2 Å². The lowest BCUT2D eigenvalue weighted by Gasteiger charge is -2.50. The highest BCUT2D eigenvalue weighted by Gasteiger charge is 2.85. The summed E-state index contributed by atoms with van der Waals surface area (Å²) in [5.74, 6) is 1.43. The molecule has 292 valence electrons. The molecule has 0 spiro atoms. The summed E-state index contributed by atoms with van der Waals surface area (Å²) in [5.41, 5.74) is -3.98. The maximum Gasteiger partial charge on any atom is 0.435 e. The van der Waals surface area contributed by atoms with Gasteiger partial charge in [0.25, 0.3) is 0 Å². The second kappa shape index (κ2) is 16.8. The molecule has 3 aliphatic rings. The number of hydrogen-bond donors (Lipinski definition) is 0. The van der Waals surface area contributed by atoms with Crippen LogP contribution in [0.4, 0.5) is 39.5 Å². The van der Waals surface area contributed by atoms with Gasteiger partial charge < -0.3 is 28.6 Å². The third kappa shape index (κ3) is 9.26. The summed E-state index contributed by atoms with van der Waals surface area (Å²) in [5, 5.41) is 0. The van der Waals surface area contributed by atoms with Crippen LogP contribution in [0.15, 0.2) is 18.2 Å². The highest BCUT2D eigenvalue weighted by atomic mass is 19.4. The lowest BCUT2D eigenvalue weighted by Crippen LogP contribution is -2.67. The third-order valence-electron chi connectivity index (χ3n) is 10.8. The summed E-state index contributed by atoms with van der Waals surface area (Å²) in [4.78, 5) is 13.5. The van der Waals surface area contributed by atoms with Crippen LogP contribution in [0, 0.1) is 17.3 Å². The van der Waals surface area contributed by atoms with Crippen molar-refractivity contribution in [3.8, 4) is 5.75 Å². The molecule has 7 nitrogen and oxygen atoms in total. The zero-order valence-electron chi connectivity index (χ0n) is 29.2. The molecule has 1 aromatic carbocycles. The van der Waals surface area contributed by atoms with Crippen LogP contribution in [-0.4, -0.2) is 101 Å². The lowest BCUT2D eigenvalue weighted by molar-refractivity contribution is -0.457. The van der Waals surface area contributed by atoms with Gasteiger partial charge >= 0.3 is 30.1 Å². The van der Waals surface area contributed by atoms with Gasteiger partial charge in [-0.2, -0.15) is 39.5 Å². The van der Waals surface area contributed by atoms with E-state index in [-0.39, 0.29) is 30.7 Å². The van der Waals surface area contributed by atoms with Gasteiger partial charge in [0.05, 0.1) is 19.3 Å². The average Bonchev–Trinajstić information content (AvgIpc) is 3.36. The van der Waals surface area contributed by atoms with Gasteiger partial charge in [0, 0.05) is 26.3 Å². The van der Waals surface area contributed by atoms with Gasteiger partial charge in [-0.25, -0.2) is 4.79 Å². The van der Waals surface area contributed by atoms with E-state index in [0.717, 1.165) is 50.8 Å². The molecule has 0 unspecified atom stereocenters. The van der Waals surface area contributed by atoms with Crippen molar-refractivity contribution in [2.24, 2.45) is 17.3 Å². The topological polar surface area (TPSA) is 66.5 Å². The largest absolute Gasteiger partial charge is 0.492 e. The number of ether oxygens (including phenoxy) is 5. The number of nitrogens with zero attached hydrogens (tertiary/aromatic N) is 1. The predicted octanol–water partition coefficient (Wildman–Crippen LogP) is 8.04. The van der Waals surface area contributed by atoms with Gasteiger partial charge in [-0.1, -0.05) is 13.0 Å². The number of hydrogen-bond acceptors (Lipinski definition) is 7. The molecule has 2 fully saturated rings. The lowest BCUT2D eigenvalue weighted by atomic mass is 9.55. The van der Waals surface area contributed by atoms with Crippen LogP contribution in [0.1, 0.15) is 75.8 Å². The van der Waals surface area contributed by atoms with Crippen molar-refractivity contribution in [1.29, 1.82) is 0 Å². The second-order valence-corrected chi connectivity index (χ2v) is 14.0. The van der Waals surface area contributed by atoms with Crippen molar-refractivity contribution in [1.82, 2.24) is 4.90 Å². The zero-order chi connectivity index (χ0) is 37.7. The van der Waals surface area contributed by atoms with Gasteiger partial charge in [-0.15, -0.1) is 0 Å². The van der Waals surface area contributed by atoms with Crippen LogP contribution < -0.4 is 4.74 Å². The number of esters is 1. The molecule has 51 heavy (non-hydrogen) atoms. The molecule has 4 rings (SSSR count). The Bertz CT molecular complexity index is 1250. The first-order chi connectivity index (χ1) is 23.9. The molecule has 0 N–H and O–H groups in total. The summed E-state index contributed by atoms with van der Waals surface area (Å²) in [7, 11) is 1.99. The molecular formula is C35H48F9NO6. The van der Waals surface area contributed by atoms with Crippen molar-refractivity contribution in [3.63, 3.8) is 0 Å². The van der Waals surface area contributed by atoms with Crippen molar-refractivity contribution in [2.75, 3.05) is 59.8 Å². The molecule has 0 bridgehead atoms. The SMILES string of the molecule is CCOC(=O)COCCCN(C)CCOc1ccc2c(c1)CC[C@@H]1[C@@H]2CC[C@]2(C)[C@@H](OCCCOC(C(F)(F)F)(C(F)(F)F)C(F)(F)F)CC[C@@H]12. The van der Waals surface area contributed by atoms with E-state index < -0.39 is 37.2 Å². The first kappa shape index (κ1) is 41.5. The van der Waals surface area contributed by atoms with E-state index in [1.165, 1.54) is 11.1 Å². The van der Waals surface area contributed by atoms with Gasteiger partial charge in [0.2, 0.25) is 0 Å². The Labute approximate surface area is 292 Å². The number of carbonyl (C=O) groups excluding carboxylic acids is 1. The van der Waals surface area contributed by atoms with E-state index in [1.807, 2.05) is 13.1 Å². The molecule has 0 saturated heterocycles. The van der Waals surface area contributed by atoms with Crippen LogP contribution in [0.3, 0.4) is 0 Å². The normalized spacial score (nSPS) is 25.4. The molecule has 0 amide bonds. The fourth-order valence-corrected chi connectivity index (χ4v) is 8.34. The summed E-state index contributed by atoms with van der Waals surface area (Å²) >= 11 is 0. The first-order valence-electron chi connectivity index (χ1n) is 17.5. The number of carbonyl (C=O) groups is 1. The minimum absolute atomic E-state index is 0.0515. The van der Waals surface area contributed by atoms with Crippen LogP contribution in [0.2, 0.25) is 0 Å². The minimum Gasteiger partial charge on any atom is -0.492 e. The van der Waals surface area contributed by atoms with E-state index in [4.69, 9.17) is 18.9 Å². The van der Waals surface area contributed by atoms with E-state index in [0.29, 0.717) is 50.5 Å². The molecule has 0 aromatic heterocycles. The Balaban J connectivity index is 1.23. The fourth-order valence-electron chi connectivity index (χ4n) is 8.34. The quantitative estimate of drug-likeness (QED) is 0.0908. The zero-order valence-corrected chi connectivity index (χ0v) is 29.2. The maximum absolute atomic E-state index is 13.1. The van der Waals surface area contributed by atoms with Crippen molar-refractivity contribution in [2.45, 2.75) is 101 Å². The molecule has 0 aliphatic heterocycles. The van der Waals surface area contributed by atoms with E-state index in [2.05, 4.69) is 28.7 Å². The Hall–Kier alpha value is -2.30. The average molecular weight is 750 g/mol. The Morgan fingerprint density at radius 2 is 1.59 bits per heavy atom. The number of halogens is 9. The Kier molecular flexibility index (Phi) is 13.7. The monoisotopic (exact) mass is 749 g/mol. The summed E-state index contributed by atoms with van der Waals surface area (Å²) in [6.45, 7) is 4.83. The van der Waals surface area contributed by atoms with Crippen LogP contribution in [0.5, 0.6) is 5.75 Å². The van der Waals surface area contributed by atoms with E-state index >= 15 is 0 Å². The molecule has 5 atom stereocenters. The van der Waals surface area contributed by atoms with Crippen molar-refractivity contribution >= 4 is 5.97 Å². The van der Waals surface area contributed by atoms with Crippen LogP contribution in [0.25, 0.3) is 0 Å². The van der Waals surface area contributed by atoms with Gasteiger partial charge in [-0.3, -0.25) is 0 Å². The molecule has 16 heteroatoms. The molecule has 0 heterocycles. The fraction of sp³-hybridized carbons (Fsp3) is 0.800. The maximum atomic E-state index is 13.1. The Morgan fingerprint density at radius 1 is 0.882 bits per heavy atom. The number of likely N-dealkylation sites (N-methyl/N-ethyl adjacent to an activating group) is 1. The number of aryl methyl sites for hydroxylation is 1. The van der Waals surface area contributed by atoms with Crippen molar-refractivity contribution < 1.29 is 68.0 Å².